The van der Waals surface area contributed by atoms with Crippen molar-refractivity contribution in [1.82, 2.24) is 5.32 Å². The maximum absolute atomic E-state index is 12.8. The Bertz CT molecular complexity index is 190. The van der Waals surface area contributed by atoms with E-state index in [0.717, 1.165) is 13.8 Å². The standard InChI is InChI=1S/C7H11FN2O/c1-5(4-9)10-6(11)7(2,3)8/h5H,1-3H3,(H,10,11)/t5-/m0/s1. The number of alkyl halides is 1. The van der Waals surface area contributed by atoms with Crippen molar-refractivity contribution in [2.24, 2.45) is 0 Å². The van der Waals surface area contributed by atoms with Gasteiger partial charge in [0.15, 0.2) is 5.67 Å². The van der Waals surface area contributed by atoms with Crippen LogP contribution in [0.2, 0.25) is 0 Å². The summed E-state index contributed by atoms with van der Waals surface area (Å²) >= 11 is 0. The lowest BCUT2D eigenvalue weighted by molar-refractivity contribution is -0.131. The fourth-order valence-electron chi connectivity index (χ4n) is 0.401. The zero-order valence-electron chi connectivity index (χ0n) is 6.81. The second-order valence-electron chi connectivity index (χ2n) is 2.80. The van der Waals surface area contributed by atoms with Crippen LogP contribution >= 0.6 is 0 Å². The lowest BCUT2D eigenvalue weighted by Gasteiger charge is -2.14. The molecule has 0 radical (unpaired) electrons. The van der Waals surface area contributed by atoms with E-state index in [2.05, 4.69) is 5.32 Å². The minimum Gasteiger partial charge on any atom is -0.338 e. The molecule has 0 saturated heterocycles. The molecule has 1 atom stereocenters. The minimum absolute atomic E-state index is 0.641. The Morgan fingerprint density at radius 3 is 2.45 bits per heavy atom. The molecule has 3 nitrogen and oxygen atoms in total. The average Bonchev–Trinajstić information content (AvgIpc) is 1.85. The number of carbonyl (C=O) groups excluding carboxylic acids is 1. The highest BCUT2D eigenvalue weighted by atomic mass is 19.1. The molecule has 0 rings (SSSR count). The fourth-order valence-corrected chi connectivity index (χ4v) is 0.401. The molecule has 1 amide bonds. The van der Waals surface area contributed by atoms with Crippen LogP contribution in [0.3, 0.4) is 0 Å². The first-order chi connectivity index (χ1) is 4.88. The molecule has 11 heavy (non-hydrogen) atoms. The molecule has 0 saturated carbocycles. The van der Waals surface area contributed by atoms with Crippen LogP contribution in [0, 0.1) is 11.3 Å². The highest BCUT2D eigenvalue weighted by Gasteiger charge is 2.27. The van der Waals surface area contributed by atoms with Gasteiger partial charge in [0.25, 0.3) is 5.91 Å². The number of amides is 1. The van der Waals surface area contributed by atoms with E-state index in [1.165, 1.54) is 6.92 Å². The molecule has 0 unspecified atom stereocenters. The molecule has 0 aliphatic carbocycles. The van der Waals surface area contributed by atoms with Gasteiger partial charge < -0.3 is 5.32 Å². The molecule has 0 spiro atoms. The van der Waals surface area contributed by atoms with Gasteiger partial charge in [-0.25, -0.2) is 4.39 Å². The number of rotatable bonds is 2. The Kier molecular flexibility index (Phi) is 2.99. The number of nitriles is 1. The number of hydrogen-bond acceptors (Lipinski definition) is 2. The van der Waals surface area contributed by atoms with E-state index < -0.39 is 17.6 Å². The van der Waals surface area contributed by atoms with Gasteiger partial charge in [0.1, 0.15) is 6.04 Å². The van der Waals surface area contributed by atoms with E-state index >= 15 is 0 Å². The third-order valence-electron chi connectivity index (χ3n) is 1.08. The number of nitrogens with zero attached hydrogens (tertiary/aromatic N) is 1. The van der Waals surface area contributed by atoms with Crippen LogP contribution in [0.4, 0.5) is 4.39 Å². The highest BCUT2D eigenvalue weighted by molar-refractivity contribution is 5.84. The quantitative estimate of drug-likeness (QED) is 0.645. The molecule has 0 bridgehead atoms. The number of halogens is 1. The fraction of sp³-hybridized carbons (Fsp3) is 0.714. The predicted molar refractivity (Wildman–Crippen MR) is 38.4 cm³/mol. The van der Waals surface area contributed by atoms with E-state index in [1.807, 2.05) is 0 Å². The third-order valence-corrected chi connectivity index (χ3v) is 1.08. The summed E-state index contributed by atoms with van der Waals surface area (Å²) in [5.74, 6) is -0.758. The van der Waals surface area contributed by atoms with E-state index in [0.29, 0.717) is 0 Å². The summed E-state index contributed by atoms with van der Waals surface area (Å²) < 4.78 is 12.8. The smallest absolute Gasteiger partial charge is 0.258 e. The van der Waals surface area contributed by atoms with Crippen molar-refractivity contribution in [3.63, 3.8) is 0 Å². The van der Waals surface area contributed by atoms with Gasteiger partial charge in [0, 0.05) is 0 Å². The third kappa shape index (κ3) is 3.56. The van der Waals surface area contributed by atoms with Crippen LogP contribution in [0.5, 0.6) is 0 Å². The molecular weight excluding hydrogens is 147 g/mol. The summed E-state index contributed by atoms with van der Waals surface area (Å²) in [5, 5.41) is 10.5. The molecule has 0 fully saturated rings. The van der Waals surface area contributed by atoms with Crippen molar-refractivity contribution >= 4 is 5.91 Å². The molecule has 0 aromatic heterocycles. The van der Waals surface area contributed by atoms with Gasteiger partial charge in [-0.15, -0.1) is 0 Å². The Labute approximate surface area is 65.2 Å². The van der Waals surface area contributed by atoms with E-state index in [1.54, 1.807) is 6.07 Å². The highest BCUT2D eigenvalue weighted by Crippen LogP contribution is 2.07. The number of nitrogens with one attached hydrogen (secondary N) is 1. The normalized spacial score (nSPS) is 13.4. The van der Waals surface area contributed by atoms with Crippen molar-refractivity contribution in [3.05, 3.63) is 0 Å². The van der Waals surface area contributed by atoms with Crippen molar-refractivity contribution in [2.45, 2.75) is 32.5 Å². The van der Waals surface area contributed by atoms with Crippen molar-refractivity contribution in [3.8, 4) is 6.07 Å². The summed E-state index contributed by atoms with van der Waals surface area (Å²) in [7, 11) is 0. The van der Waals surface area contributed by atoms with Gasteiger partial charge in [-0.1, -0.05) is 0 Å². The molecular formula is C7H11FN2O. The zero-order valence-corrected chi connectivity index (χ0v) is 6.81. The van der Waals surface area contributed by atoms with Gasteiger partial charge in [0.05, 0.1) is 6.07 Å². The van der Waals surface area contributed by atoms with Gasteiger partial charge >= 0.3 is 0 Å². The Morgan fingerprint density at radius 1 is 1.73 bits per heavy atom. The van der Waals surface area contributed by atoms with Crippen molar-refractivity contribution < 1.29 is 9.18 Å². The van der Waals surface area contributed by atoms with Crippen LogP contribution in [-0.4, -0.2) is 17.6 Å². The van der Waals surface area contributed by atoms with Gasteiger partial charge in [-0.05, 0) is 20.8 Å². The molecule has 0 aromatic carbocycles. The van der Waals surface area contributed by atoms with E-state index in [9.17, 15) is 9.18 Å². The lowest BCUT2D eigenvalue weighted by atomic mass is 10.1. The van der Waals surface area contributed by atoms with Crippen molar-refractivity contribution in [1.29, 1.82) is 5.26 Å². The van der Waals surface area contributed by atoms with E-state index in [4.69, 9.17) is 5.26 Å². The van der Waals surface area contributed by atoms with Gasteiger partial charge in [-0.2, -0.15) is 5.26 Å². The van der Waals surface area contributed by atoms with Crippen molar-refractivity contribution in [2.75, 3.05) is 0 Å². The maximum atomic E-state index is 12.8. The summed E-state index contributed by atoms with van der Waals surface area (Å²) in [6.45, 7) is 3.78. The topological polar surface area (TPSA) is 52.9 Å². The minimum atomic E-state index is -1.91. The van der Waals surface area contributed by atoms with E-state index in [-0.39, 0.29) is 0 Å². The molecule has 4 heteroatoms. The average molecular weight is 158 g/mol. The second-order valence-corrected chi connectivity index (χ2v) is 2.80. The van der Waals surface area contributed by atoms with Crippen LogP contribution in [-0.2, 0) is 4.79 Å². The van der Waals surface area contributed by atoms with Crippen LogP contribution in [0.1, 0.15) is 20.8 Å². The monoisotopic (exact) mass is 158 g/mol. The number of carbonyl (C=O) groups is 1. The lowest BCUT2D eigenvalue weighted by Crippen LogP contribution is -2.42. The largest absolute Gasteiger partial charge is 0.338 e. The molecule has 0 aromatic rings. The van der Waals surface area contributed by atoms with Crippen LogP contribution in [0.25, 0.3) is 0 Å². The summed E-state index contributed by atoms with van der Waals surface area (Å²) in [4.78, 5) is 10.8. The summed E-state index contributed by atoms with van der Waals surface area (Å²) in [6, 6.07) is 1.13. The van der Waals surface area contributed by atoms with Gasteiger partial charge in [-0.3, -0.25) is 4.79 Å². The first kappa shape index (κ1) is 9.89. The SMILES string of the molecule is C[C@@H](C#N)NC(=O)C(C)(C)F. The maximum Gasteiger partial charge on any atom is 0.258 e. The zero-order chi connectivity index (χ0) is 9.07. The summed E-state index contributed by atoms with van der Waals surface area (Å²) in [6.07, 6.45) is 0. The Hall–Kier alpha value is -1.11. The number of hydrogen-bond donors (Lipinski definition) is 1. The Morgan fingerprint density at radius 2 is 2.18 bits per heavy atom. The first-order valence-corrected chi connectivity index (χ1v) is 3.27. The van der Waals surface area contributed by atoms with Crippen LogP contribution in [0.15, 0.2) is 0 Å². The predicted octanol–water partition coefficient (Wildman–Crippen LogP) is 0.763. The second kappa shape index (κ2) is 3.33. The summed E-state index contributed by atoms with van der Waals surface area (Å²) in [5.41, 5.74) is -1.91. The van der Waals surface area contributed by atoms with Crippen LogP contribution < -0.4 is 5.32 Å². The van der Waals surface area contributed by atoms with Gasteiger partial charge in [0.2, 0.25) is 0 Å². The Balaban J connectivity index is 4.01. The molecule has 0 aliphatic rings. The molecule has 0 aliphatic heterocycles. The molecule has 1 N–H and O–H groups in total. The first-order valence-electron chi connectivity index (χ1n) is 3.27. The molecule has 0 heterocycles. The molecule has 62 valence electrons.